The lowest BCUT2D eigenvalue weighted by atomic mass is 9.67. The second-order valence-corrected chi connectivity index (χ2v) is 7.37. The Kier molecular flexibility index (Phi) is 4.88. The molecule has 23 heavy (non-hydrogen) atoms. The molecule has 0 radical (unpaired) electrons. The van der Waals surface area contributed by atoms with Gasteiger partial charge in [-0.2, -0.15) is 13.2 Å². The van der Waals surface area contributed by atoms with Gasteiger partial charge in [0.2, 0.25) is 5.91 Å². The molecule has 0 aromatic heterocycles. The minimum atomic E-state index is -4.14. The second-order valence-electron chi connectivity index (χ2n) is 7.37. The van der Waals surface area contributed by atoms with Crippen molar-refractivity contribution < 1.29 is 18.0 Å². The number of halogens is 3. The zero-order valence-corrected chi connectivity index (χ0v) is 13.4. The van der Waals surface area contributed by atoms with Crippen molar-refractivity contribution in [1.29, 1.82) is 0 Å². The number of fused-ring (bicyclic) bond motifs is 1. The third kappa shape index (κ3) is 3.82. The first-order valence-electron chi connectivity index (χ1n) is 8.70. The van der Waals surface area contributed by atoms with Gasteiger partial charge in [-0.3, -0.25) is 9.69 Å². The average molecular weight is 333 g/mol. The van der Waals surface area contributed by atoms with E-state index in [4.69, 9.17) is 0 Å². The lowest BCUT2D eigenvalue weighted by Gasteiger charge is -2.39. The molecule has 2 aliphatic heterocycles. The van der Waals surface area contributed by atoms with E-state index < -0.39 is 12.7 Å². The lowest BCUT2D eigenvalue weighted by molar-refractivity contribution is -0.149. The molecular formula is C16H26F3N3O. The van der Waals surface area contributed by atoms with E-state index in [9.17, 15) is 18.0 Å². The highest BCUT2D eigenvalue weighted by Crippen LogP contribution is 2.44. The van der Waals surface area contributed by atoms with Gasteiger partial charge in [0.05, 0.1) is 12.0 Å². The molecule has 3 fully saturated rings. The third-order valence-corrected chi connectivity index (χ3v) is 5.82. The van der Waals surface area contributed by atoms with E-state index in [-0.39, 0.29) is 17.4 Å². The van der Waals surface area contributed by atoms with Gasteiger partial charge in [-0.25, -0.2) is 0 Å². The molecule has 1 aliphatic carbocycles. The van der Waals surface area contributed by atoms with Crippen LogP contribution in [0.3, 0.4) is 0 Å². The molecular weight excluding hydrogens is 307 g/mol. The van der Waals surface area contributed by atoms with E-state index >= 15 is 0 Å². The van der Waals surface area contributed by atoms with Gasteiger partial charge in [0.15, 0.2) is 0 Å². The van der Waals surface area contributed by atoms with Gasteiger partial charge in [-0.15, -0.1) is 0 Å². The molecule has 2 atom stereocenters. The predicted molar refractivity (Wildman–Crippen MR) is 80.9 cm³/mol. The van der Waals surface area contributed by atoms with E-state index in [2.05, 4.69) is 10.6 Å². The maximum atomic E-state index is 12.8. The highest BCUT2D eigenvalue weighted by molar-refractivity contribution is 5.84. The van der Waals surface area contributed by atoms with Crippen LogP contribution in [0.4, 0.5) is 13.2 Å². The van der Waals surface area contributed by atoms with Crippen LogP contribution in [-0.2, 0) is 4.79 Å². The number of carbonyl (C=O) groups is 1. The summed E-state index contributed by atoms with van der Waals surface area (Å²) in [6.45, 7) is 1.62. The van der Waals surface area contributed by atoms with Gasteiger partial charge < -0.3 is 10.6 Å². The van der Waals surface area contributed by atoms with Crippen molar-refractivity contribution in [1.82, 2.24) is 15.5 Å². The summed E-state index contributed by atoms with van der Waals surface area (Å²) in [6, 6.07) is 0.0181. The summed E-state index contributed by atoms with van der Waals surface area (Å²) in [5.74, 6) is 0.544. The highest BCUT2D eigenvalue weighted by Gasteiger charge is 2.50. The van der Waals surface area contributed by atoms with Crippen molar-refractivity contribution in [3.8, 4) is 0 Å². The van der Waals surface area contributed by atoms with E-state index in [1.807, 2.05) is 0 Å². The number of nitrogens with one attached hydrogen (secondary N) is 2. The fourth-order valence-corrected chi connectivity index (χ4v) is 4.51. The number of piperidine rings is 1. The van der Waals surface area contributed by atoms with Crippen LogP contribution in [0.5, 0.6) is 0 Å². The van der Waals surface area contributed by atoms with E-state index in [0.717, 1.165) is 32.4 Å². The summed E-state index contributed by atoms with van der Waals surface area (Å²) in [7, 11) is 0. The van der Waals surface area contributed by atoms with Crippen molar-refractivity contribution in [3.63, 3.8) is 0 Å². The van der Waals surface area contributed by atoms with Gasteiger partial charge in [0, 0.05) is 25.7 Å². The smallest absolute Gasteiger partial charge is 0.353 e. The van der Waals surface area contributed by atoms with Crippen LogP contribution in [0.25, 0.3) is 0 Å². The molecule has 3 rings (SSSR count). The number of nitrogens with zero attached hydrogens (tertiary/aromatic N) is 1. The Labute approximate surface area is 135 Å². The molecule has 1 amide bonds. The Bertz CT molecular complexity index is 435. The molecule has 2 saturated heterocycles. The predicted octanol–water partition coefficient (Wildman–Crippen LogP) is 1.91. The maximum absolute atomic E-state index is 12.8. The van der Waals surface area contributed by atoms with E-state index in [1.54, 1.807) is 0 Å². The zero-order valence-electron chi connectivity index (χ0n) is 13.4. The number of likely N-dealkylation sites (tertiary alicyclic amines) is 1. The molecule has 1 saturated carbocycles. The van der Waals surface area contributed by atoms with Gasteiger partial charge >= 0.3 is 6.18 Å². The van der Waals surface area contributed by atoms with Crippen LogP contribution in [-0.4, -0.2) is 55.7 Å². The van der Waals surface area contributed by atoms with Crippen LogP contribution in [0.2, 0.25) is 0 Å². The highest BCUT2D eigenvalue weighted by atomic mass is 19.4. The molecule has 132 valence electrons. The first-order valence-corrected chi connectivity index (χ1v) is 8.70. The molecule has 2 N–H and O–H groups in total. The number of rotatable bonds is 3. The normalized spacial score (nSPS) is 33.4. The SMILES string of the molecule is O=C(NC1CCN(CC(F)(F)F)CC1)[C@@]12CCCC[C@H]1CNC2. The molecule has 4 nitrogen and oxygen atoms in total. The molecule has 0 bridgehead atoms. The monoisotopic (exact) mass is 333 g/mol. The molecule has 0 aromatic rings. The standard InChI is InChI=1S/C16H26F3N3O/c17-16(18,19)11-22-7-4-13(5-8-22)21-14(23)15-6-2-1-3-12(15)9-20-10-15/h12-13,20H,1-11H2,(H,21,23)/t12-,15+/m0/s1. The van der Waals surface area contributed by atoms with Crippen molar-refractivity contribution in [2.75, 3.05) is 32.7 Å². The largest absolute Gasteiger partial charge is 0.401 e. The summed E-state index contributed by atoms with van der Waals surface area (Å²) in [5.41, 5.74) is -0.276. The van der Waals surface area contributed by atoms with Crippen LogP contribution in [0, 0.1) is 11.3 Å². The van der Waals surface area contributed by atoms with E-state index in [0.29, 0.717) is 31.8 Å². The summed E-state index contributed by atoms with van der Waals surface area (Å²) in [6.07, 6.45) is 1.40. The Hall–Kier alpha value is -0.820. The second kappa shape index (κ2) is 6.59. The van der Waals surface area contributed by atoms with Gasteiger partial charge in [0.1, 0.15) is 0 Å². The number of hydrogen-bond acceptors (Lipinski definition) is 3. The van der Waals surface area contributed by atoms with Gasteiger partial charge in [-0.05, 0) is 38.1 Å². The first kappa shape index (κ1) is 17.0. The lowest BCUT2D eigenvalue weighted by Crippen LogP contribution is -2.53. The number of hydrogen-bond donors (Lipinski definition) is 2. The van der Waals surface area contributed by atoms with Crippen LogP contribution < -0.4 is 10.6 Å². The minimum Gasteiger partial charge on any atom is -0.353 e. The first-order chi connectivity index (χ1) is 10.9. The molecule has 0 aromatic carbocycles. The summed E-state index contributed by atoms with van der Waals surface area (Å²) >= 11 is 0. The molecule has 0 unspecified atom stereocenters. The quantitative estimate of drug-likeness (QED) is 0.829. The Morgan fingerprint density at radius 2 is 1.96 bits per heavy atom. The summed E-state index contributed by atoms with van der Waals surface area (Å²) in [4.78, 5) is 14.3. The Balaban J connectivity index is 1.51. The number of carbonyl (C=O) groups excluding carboxylic acids is 1. The molecule has 2 heterocycles. The molecule has 0 spiro atoms. The van der Waals surface area contributed by atoms with Crippen molar-refractivity contribution in [3.05, 3.63) is 0 Å². The summed E-state index contributed by atoms with van der Waals surface area (Å²) < 4.78 is 37.3. The van der Waals surface area contributed by atoms with Crippen molar-refractivity contribution >= 4 is 5.91 Å². The average Bonchev–Trinajstić information content (AvgIpc) is 2.93. The maximum Gasteiger partial charge on any atom is 0.401 e. The van der Waals surface area contributed by atoms with Gasteiger partial charge in [-0.1, -0.05) is 12.8 Å². The molecule has 3 aliphatic rings. The van der Waals surface area contributed by atoms with Crippen molar-refractivity contribution in [2.45, 2.75) is 50.7 Å². The van der Waals surface area contributed by atoms with Crippen LogP contribution >= 0.6 is 0 Å². The summed E-state index contributed by atoms with van der Waals surface area (Å²) in [5, 5.41) is 6.51. The zero-order chi connectivity index (χ0) is 16.5. The number of amides is 1. The van der Waals surface area contributed by atoms with Crippen LogP contribution in [0.1, 0.15) is 38.5 Å². The van der Waals surface area contributed by atoms with E-state index in [1.165, 1.54) is 11.3 Å². The topological polar surface area (TPSA) is 44.4 Å². The van der Waals surface area contributed by atoms with Crippen molar-refractivity contribution in [2.24, 2.45) is 11.3 Å². The fraction of sp³-hybridized carbons (Fsp3) is 0.938. The Morgan fingerprint density at radius 3 is 2.65 bits per heavy atom. The molecule has 7 heteroatoms. The Morgan fingerprint density at radius 1 is 1.22 bits per heavy atom. The fourth-order valence-electron chi connectivity index (χ4n) is 4.51. The minimum absolute atomic E-state index is 0.0181. The number of alkyl halides is 3. The third-order valence-electron chi connectivity index (χ3n) is 5.82. The van der Waals surface area contributed by atoms with Crippen LogP contribution in [0.15, 0.2) is 0 Å². The van der Waals surface area contributed by atoms with Gasteiger partial charge in [0.25, 0.3) is 0 Å².